The first-order chi connectivity index (χ1) is 8.55. The highest BCUT2D eigenvalue weighted by molar-refractivity contribution is 14.1. The molecule has 0 radical (unpaired) electrons. The standard InChI is InChI=1S/C13H12INO2S/c14-12-6-8-13(9-7-12)15-18(16,17)10-11-4-2-1-3-5-11/h1-8H,9-10H2. The Morgan fingerprint density at radius 2 is 1.89 bits per heavy atom. The number of benzene rings is 1. The van der Waals surface area contributed by atoms with Gasteiger partial charge in [0.15, 0.2) is 0 Å². The van der Waals surface area contributed by atoms with Crippen molar-refractivity contribution in [2.45, 2.75) is 12.2 Å². The molecule has 0 spiro atoms. The van der Waals surface area contributed by atoms with Crippen LogP contribution in [0.3, 0.4) is 0 Å². The molecule has 0 unspecified atom stereocenters. The normalized spacial score (nSPS) is 17.8. The van der Waals surface area contributed by atoms with Crippen LogP contribution in [0.15, 0.2) is 56.5 Å². The van der Waals surface area contributed by atoms with Gasteiger partial charge in [0.2, 0.25) is 0 Å². The van der Waals surface area contributed by atoms with Gasteiger partial charge in [0.1, 0.15) is 0 Å². The van der Waals surface area contributed by atoms with E-state index >= 15 is 0 Å². The molecule has 0 saturated heterocycles. The molecule has 0 aliphatic heterocycles. The Labute approximate surface area is 121 Å². The van der Waals surface area contributed by atoms with Crippen LogP contribution in [0.5, 0.6) is 0 Å². The fraction of sp³-hybridized carbons (Fsp3) is 0.154. The minimum Gasteiger partial charge on any atom is -0.204 e. The van der Waals surface area contributed by atoms with Crippen LogP contribution < -0.4 is 0 Å². The van der Waals surface area contributed by atoms with Gasteiger partial charge in [0.05, 0.1) is 11.5 Å². The van der Waals surface area contributed by atoms with Crippen LogP contribution in [-0.2, 0) is 15.8 Å². The Morgan fingerprint density at radius 3 is 2.50 bits per heavy atom. The Kier molecular flexibility index (Phi) is 4.34. The van der Waals surface area contributed by atoms with E-state index in [0.29, 0.717) is 12.1 Å². The third-order valence-corrected chi connectivity index (χ3v) is 4.40. The largest absolute Gasteiger partial charge is 0.257 e. The lowest BCUT2D eigenvalue weighted by Crippen LogP contribution is -2.06. The third-order valence-electron chi connectivity index (χ3n) is 2.39. The van der Waals surface area contributed by atoms with E-state index < -0.39 is 10.0 Å². The molecule has 2 rings (SSSR count). The van der Waals surface area contributed by atoms with Crippen molar-refractivity contribution in [2.75, 3.05) is 0 Å². The number of hydrogen-bond acceptors (Lipinski definition) is 2. The summed E-state index contributed by atoms with van der Waals surface area (Å²) in [6, 6.07) is 9.08. The predicted octanol–water partition coefficient (Wildman–Crippen LogP) is 3.24. The lowest BCUT2D eigenvalue weighted by atomic mass is 10.2. The highest BCUT2D eigenvalue weighted by atomic mass is 127. The molecule has 0 fully saturated rings. The predicted molar refractivity (Wildman–Crippen MR) is 82.4 cm³/mol. The van der Waals surface area contributed by atoms with Crippen LogP contribution in [0.2, 0.25) is 0 Å². The van der Waals surface area contributed by atoms with Crippen LogP contribution in [-0.4, -0.2) is 14.1 Å². The fourth-order valence-corrected chi connectivity index (χ4v) is 3.15. The molecule has 0 aromatic heterocycles. The van der Waals surface area contributed by atoms with Crippen molar-refractivity contribution in [1.82, 2.24) is 0 Å². The molecule has 0 saturated carbocycles. The topological polar surface area (TPSA) is 46.5 Å². The van der Waals surface area contributed by atoms with Gasteiger partial charge in [-0.25, -0.2) is 8.42 Å². The van der Waals surface area contributed by atoms with Crippen molar-refractivity contribution in [3.63, 3.8) is 0 Å². The Bertz CT molecular complexity index is 616. The summed E-state index contributed by atoms with van der Waals surface area (Å²) in [6.07, 6.45) is 6.14. The highest BCUT2D eigenvalue weighted by Crippen LogP contribution is 2.16. The van der Waals surface area contributed by atoms with E-state index in [2.05, 4.69) is 27.0 Å². The second kappa shape index (κ2) is 5.79. The van der Waals surface area contributed by atoms with Gasteiger partial charge in [-0.15, -0.1) is 0 Å². The van der Waals surface area contributed by atoms with Crippen LogP contribution in [0.25, 0.3) is 0 Å². The van der Waals surface area contributed by atoms with Gasteiger partial charge in [-0.2, -0.15) is 4.40 Å². The van der Waals surface area contributed by atoms with Crippen molar-refractivity contribution < 1.29 is 8.42 Å². The lowest BCUT2D eigenvalue weighted by Gasteiger charge is -2.04. The van der Waals surface area contributed by atoms with Gasteiger partial charge >= 0.3 is 0 Å². The summed E-state index contributed by atoms with van der Waals surface area (Å²) in [5.74, 6) is -0.0496. The first-order valence-electron chi connectivity index (χ1n) is 5.44. The zero-order valence-corrected chi connectivity index (χ0v) is 12.6. The zero-order valence-electron chi connectivity index (χ0n) is 9.58. The summed E-state index contributed by atoms with van der Waals surface area (Å²) in [5, 5.41) is 0. The number of rotatable bonds is 3. The summed E-state index contributed by atoms with van der Waals surface area (Å²) in [5.41, 5.74) is 1.35. The first kappa shape index (κ1) is 13.5. The SMILES string of the molecule is O=S(=O)(Cc1ccccc1)N=C1C=CC(I)=CC1. The molecule has 1 aromatic rings. The van der Waals surface area contributed by atoms with Crippen LogP contribution in [0.1, 0.15) is 12.0 Å². The Hall–Kier alpha value is -0.950. The number of sulfonamides is 1. The van der Waals surface area contributed by atoms with Crippen LogP contribution >= 0.6 is 22.6 Å². The van der Waals surface area contributed by atoms with Crippen molar-refractivity contribution >= 4 is 38.3 Å². The molecule has 0 bridgehead atoms. The molecule has 94 valence electrons. The van der Waals surface area contributed by atoms with Crippen LogP contribution in [0.4, 0.5) is 0 Å². The van der Waals surface area contributed by atoms with Crippen LogP contribution in [0, 0.1) is 0 Å². The summed E-state index contributed by atoms with van der Waals surface area (Å²) in [7, 11) is -3.45. The van der Waals surface area contributed by atoms with Crippen molar-refractivity contribution in [3.8, 4) is 0 Å². The van der Waals surface area contributed by atoms with Crippen molar-refractivity contribution in [3.05, 3.63) is 57.7 Å². The highest BCUT2D eigenvalue weighted by Gasteiger charge is 2.11. The number of halogens is 1. The smallest absolute Gasteiger partial charge is 0.204 e. The van der Waals surface area contributed by atoms with E-state index in [9.17, 15) is 8.42 Å². The quantitative estimate of drug-likeness (QED) is 0.764. The van der Waals surface area contributed by atoms with Gasteiger partial charge in [-0.1, -0.05) is 36.4 Å². The van der Waals surface area contributed by atoms with Gasteiger partial charge in [0, 0.05) is 10.0 Å². The van der Waals surface area contributed by atoms with Gasteiger partial charge < -0.3 is 0 Å². The molecule has 1 aliphatic carbocycles. The molecule has 1 aromatic carbocycles. The summed E-state index contributed by atoms with van der Waals surface area (Å²) < 4.78 is 28.8. The third kappa shape index (κ3) is 4.06. The molecular weight excluding hydrogens is 361 g/mol. The molecule has 1 aliphatic rings. The van der Waals surface area contributed by atoms with E-state index in [0.717, 1.165) is 9.14 Å². The monoisotopic (exact) mass is 373 g/mol. The summed E-state index contributed by atoms with van der Waals surface area (Å²) >= 11 is 2.19. The zero-order chi connectivity index (χ0) is 13.0. The second-order valence-corrected chi connectivity index (χ2v) is 6.80. The minimum absolute atomic E-state index is 0.0496. The number of hydrogen-bond donors (Lipinski definition) is 0. The maximum atomic E-state index is 11.9. The molecule has 18 heavy (non-hydrogen) atoms. The first-order valence-corrected chi connectivity index (χ1v) is 8.13. The van der Waals surface area contributed by atoms with E-state index in [4.69, 9.17) is 0 Å². The molecule has 0 N–H and O–H groups in total. The molecule has 0 amide bonds. The van der Waals surface area contributed by atoms with E-state index in [1.54, 1.807) is 18.2 Å². The maximum absolute atomic E-state index is 11.9. The van der Waals surface area contributed by atoms with Crippen molar-refractivity contribution in [1.29, 1.82) is 0 Å². The Balaban J connectivity index is 2.14. The van der Waals surface area contributed by atoms with Crippen molar-refractivity contribution in [2.24, 2.45) is 4.40 Å². The minimum atomic E-state index is -3.45. The van der Waals surface area contributed by atoms with Gasteiger partial charge in [0.25, 0.3) is 10.0 Å². The average Bonchev–Trinajstić information content (AvgIpc) is 2.32. The van der Waals surface area contributed by atoms with E-state index in [-0.39, 0.29) is 5.75 Å². The van der Waals surface area contributed by atoms with E-state index in [1.807, 2.05) is 30.4 Å². The van der Waals surface area contributed by atoms with Gasteiger partial charge in [-0.05, 0) is 40.3 Å². The fourth-order valence-electron chi connectivity index (χ4n) is 1.58. The second-order valence-electron chi connectivity index (χ2n) is 3.92. The van der Waals surface area contributed by atoms with E-state index in [1.165, 1.54) is 0 Å². The lowest BCUT2D eigenvalue weighted by molar-refractivity contribution is 0.597. The molecule has 0 heterocycles. The maximum Gasteiger partial charge on any atom is 0.257 e. The molecular formula is C13H12INO2S. The number of nitrogens with zero attached hydrogens (tertiary/aromatic N) is 1. The molecule has 0 atom stereocenters. The molecule has 5 heteroatoms. The molecule has 3 nitrogen and oxygen atoms in total. The van der Waals surface area contributed by atoms with Gasteiger partial charge in [-0.3, -0.25) is 0 Å². The Morgan fingerprint density at radius 1 is 1.17 bits per heavy atom. The average molecular weight is 373 g/mol. The summed E-state index contributed by atoms with van der Waals surface area (Å²) in [4.78, 5) is 0. The number of allylic oxidation sites excluding steroid dienone is 4. The summed E-state index contributed by atoms with van der Waals surface area (Å²) in [6.45, 7) is 0.